The van der Waals surface area contributed by atoms with Crippen LogP contribution in [0.1, 0.15) is 25.5 Å². The molecule has 0 aliphatic rings. The largest absolute Gasteiger partial charge is 0.446 e. The second kappa shape index (κ2) is 5.07. The second-order valence-electron chi connectivity index (χ2n) is 5.03. The van der Waals surface area contributed by atoms with Gasteiger partial charge in [-0.3, -0.25) is 0 Å². The monoisotopic (exact) mass is 333 g/mol. The fourth-order valence-electron chi connectivity index (χ4n) is 2.40. The van der Waals surface area contributed by atoms with Crippen LogP contribution in [0.2, 0.25) is 0 Å². The van der Waals surface area contributed by atoms with Gasteiger partial charge in [-0.2, -0.15) is 0 Å². The van der Waals surface area contributed by atoms with E-state index in [4.69, 9.17) is 15.1 Å². The minimum Gasteiger partial charge on any atom is -0.446 e. The molecule has 104 valence electrons. The summed E-state index contributed by atoms with van der Waals surface area (Å²) < 4.78 is 8.54. The highest BCUT2D eigenvalue weighted by molar-refractivity contribution is 9.10. The first kappa shape index (κ1) is 13.4. The van der Waals surface area contributed by atoms with E-state index in [9.17, 15) is 0 Å². The third kappa shape index (κ3) is 2.17. The van der Waals surface area contributed by atoms with Gasteiger partial charge < -0.3 is 14.7 Å². The van der Waals surface area contributed by atoms with Crippen LogP contribution in [0.15, 0.2) is 39.4 Å². The lowest BCUT2D eigenvalue weighted by Crippen LogP contribution is -2.02. The van der Waals surface area contributed by atoms with Crippen molar-refractivity contribution >= 4 is 27.0 Å². The molecule has 1 aromatic carbocycles. The van der Waals surface area contributed by atoms with Crippen LogP contribution >= 0.6 is 15.9 Å². The number of imidazole rings is 1. The molecule has 0 spiro atoms. The zero-order valence-electron chi connectivity index (χ0n) is 11.4. The number of nitrogens with two attached hydrogens (primary N) is 1. The van der Waals surface area contributed by atoms with E-state index in [1.807, 2.05) is 24.3 Å². The molecular formula is C15H16BrN3O. The molecule has 2 aromatic heterocycles. The van der Waals surface area contributed by atoms with E-state index < -0.39 is 0 Å². The number of fused-ring (bicyclic) bond motifs is 1. The van der Waals surface area contributed by atoms with E-state index in [-0.39, 0.29) is 0 Å². The van der Waals surface area contributed by atoms with Crippen molar-refractivity contribution in [2.45, 2.75) is 26.4 Å². The molecule has 20 heavy (non-hydrogen) atoms. The number of hydrogen-bond donors (Lipinski definition) is 1. The van der Waals surface area contributed by atoms with E-state index >= 15 is 0 Å². The number of benzene rings is 1. The van der Waals surface area contributed by atoms with Crippen LogP contribution in [-0.4, -0.2) is 9.55 Å². The highest BCUT2D eigenvalue weighted by atomic mass is 79.9. The summed E-state index contributed by atoms with van der Waals surface area (Å²) in [7, 11) is 0. The number of furan rings is 1. The Bertz CT molecular complexity index is 758. The highest BCUT2D eigenvalue weighted by Crippen LogP contribution is 2.31. The molecule has 0 saturated heterocycles. The molecule has 2 N–H and O–H groups in total. The molecular weight excluding hydrogens is 318 g/mol. The molecule has 3 aromatic rings. The number of aromatic nitrogens is 2. The Morgan fingerprint density at radius 3 is 2.70 bits per heavy atom. The van der Waals surface area contributed by atoms with Gasteiger partial charge >= 0.3 is 0 Å². The van der Waals surface area contributed by atoms with Crippen LogP contribution < -0.4 is 5.73 Å². The summed E-state index contributed by atoms with van der Waals surface area (Å²) in [6.07, 6.45) is 0. The standard InChI is InChI=1S/C15H16BrN3O/c1-9(2)19-12-4-3-10(8-17)7-11(12)18-15(19)13-5-6-14(16)20-13/h3-7,9H,8,17H2,1-2H3. The quantitative estimate of drug-likeness (QED) is 0.785. The number of rotatable bonds is 3. The third-order valence-corrected chi connectivity index (χ3v) is 3.73. The van der Waals surface area contributed by atoms with Gasteiger partial charge in [-0.25, -0.2) is 4.98 Å². The van der Waals surface area contributed by atoms with Crippen molar-refractivity contribution in [3.63, 3.8) is 0 Å². The SMILES string of the molecule is CC(C)n1c(-c2ccc(Br)o2)nc2cc(CN)ccc21. The normalized spacial score (nSPS) is 11.7. The average Bonchev–Trinajstić information content (AvgIpc) is 3.00. The van der Waals surface area contributed by atoms with Crippen molar-refractivity contribution in [3.05, 3.63) is 40.6 Å². The van der Waals surface area contributed by atoms with Crippen molar-refractivity contribution in [1.82, 2.24) is 9.55 Å². The maximum atomic E-state index is 5.70. The van der Waals surface area contributed by atoms with Gasteiger partial charge in [0.2, 0.25) is 0 Å². The smallest absolute Gasteiger partial charge is 0.177 e. The molecule has 0 fully saturated rings. The maximum Gasteiger partial charge on any atom is 0.177 e. The Morgan fingerprint density at radius 1 is 1.30 bits per heavy atom. The minimum atomic E-state index is 0.294. The number of nitrogens with zero attached hydrogens (tertiary/aromatic N) is 2. The molecule has 0 atom stereocenters. The summed E-state index contributed by atoms with van der Waals surface area (Å²) in [6, 6.07) is 10.3. The lowest BCUT2D eigenvalue weighted by molar-refractivity contribution is 0.537. The van der Waals surface area contributed by atoms with Crippen LogP contribution in [-0.2, 0) is 6.54 Å². The fraction of sp³-hybridized carbons (Fsp3) is 0.267. The van der Waals surface area contributed by atoms with Crippen molar-refractivity contribution in [2.24, 2.45) is 5.73 Å². The molecule has 0 bridgehead atoms. The predicted octanol–water partition coefficient (Wildman–Crippen LogP) is 4.10. The van der Waals surface area contributed by atoms with Gasteiger partial charge in [0.15, 0.2) is 16.3 Å². The van der Waals surface area contributed by atoms with E-state index in [1.165, 1.54) is 0 Å². The molecule has 0 radical (unpaired) electrons. The van der Waals surface area contributed by atoms with E-state index in [1.54, 1.807) is 0 Å². The molecule has 0 aliphatic heterocycles. The fourth-order valence-corrected chi connectivity index (χ4v) is 2.71. The molecule has 2 heterocycles. The van der Waals surface area contributed by atoms with Crippen molar-refractivity contribution in [2.75, 3.05) is 0 Å². The molecule has 5 heteroatoms. The Hall–Kier alpha value is -1.59. The maximum absolute atomic E-state index is 5.70. The van der Waals surface area contributed by atoms with Crippen molar-refractivity contribution < 1.29 is 4.42 Å². The molecule has 4 nitrogen and oxygen atoms in total. The zero-order valence-corrected chi connectivity index (χ0v) is 13.0. The molecule has 3 rings (SSSR count). The van der Waals surface area contributed by atoms with Crippen LogP contribution in [0, 0.1) is 0 Å². The van der Waals surface area contributed by atoms with Gasteiger partial charge in [0, 0.05) is 12.6 Å². The van der Waals surface area contributed by atoms with Crippen LogP contribution in [0.5, 0.6) is 0 Å². The molecule has 0 saturated carbocycles. The topological polar surface area (TPSA) is 57.0 Å². The van der Waals surface area contributed by atoms with Gasteiger partial charge in [0.25, 0.3) is 0 Å². The van der Waals surface area contributed by atoms with Crippen LogP contribution in [0.4, 0.5) is 0 Å². The van der Waals surface area contributed by atoms with E-state index in [0.717, 1.165) is 28.2 Å². The van der Waals surface area contributed by atoms with E-state index in [2.05, 4.69) is 40.4 Å². The first-order valence-corrected chi connectivity index (χ1v) is 7.36. The Morgan fingerprint density at radius 2 is 2.10 bits per heavy atom. The summed E-state index contributed by atoms with van der Waals surface area (Å²) >= 11 is 3.34. The summed E-state index contributed by atoms with van der Waals surface area (Å²) in [5.41, 5.74) is 8.83. The highest BCUT2D eigenvalue weighted by Gasteiger charge is 2.17. The van der Waals surface area contributed by atoms with Crippen molar-refractivity contribution in [3.8, 4) is 11.6 Å². The van der Waals surface area contributed by atoms with E-state index in [0.29, 0.717) is 17.3 Å². The Kier molecular flexibility index (Phi) is 3.40. The first-order valence-electron chi connectivity index (χ1n) is 6.57. The van der Waals surface area contributed by atoms with Gasteiger partial charge in [-0.15, -0.1) is 0 Å². The van der Waals surface area contributed by atoms with Gasteiger partial charge in [0.1, 0.15) is 0 Å². The molecule has 0 amide bonds. The Balaban J connectivity index is 2.27. The number of halogens is 1. The van der Waals surface area contributed by atoms with Gasteiger partial charge in [-0.1, -0.05) is 6.07 Å². The summed E-state index contributed by atoms with van der Waals surface area (Å²) in [6.45, 7) is 4.80. The predicted molar refractivity (Wildman–Crippen MR) is 83.4 cm³/mol. The average molecular weight is 334 g/mol. The van der Waals surface area contributed by atoms with Gasteiger partial charge in [0.05, 0.1) is 11.0 Å². The summed E-state index contributed by atoms with van der Waals surface area (Å²) in [5.74, 6) is 1.60. The van der Waals surface area contributed by atoms with Crippen LogP contribution in [0.3, 0.4) is 0 Å². The number of hydrogen-bond acceptors (Lipinski definition) is 3. The molecule has 0 unspecified atom stereocenters. The third-order valence-electron chi connectivity index (χ3n) is 3.30. The zero-order chi connectivity index (χ0) is 14.3. The minimum absolute atomic E-state index is 0.294. The first-order chi connectivity index (χ1) is 9.60. The lowest BCUT2D eigenvalue weighted by atomic mass is 10.2. The van der Waals surface area contributed by atoms with Crippen molar-refractivity contribution in [1.29, 1.82) is 0 Å². The lowest BCUT2D eigenvalue weighted by Gasteiger charge is -2.11. The van der Waals surface area contributed by atoms with Crippen LogP contribution in [0.25, 0.3) is 22.6 Å². The second-order valence-corrected chi connectivity index (χ2v) is 5.81. The summed E-state index contributed by atoms with van der Waals surface area (Å²) in [4.78, 5) is 4.72. The summed E-state index contributed by atoms with van der Waals surface area (Å²) in [5, 5.41) is 0. The Labute approximate surface area is 125 Å². The van der Waals surface area contributed by atoms with Gasteiger partial charge in [-0.05, 0) is 59.6 Å². The molecule has 0 aliphatic carbocycles.